The van der Waals surface area contributed by atoms with E-state index in [0.717, 1.165) is 10.9 Å². The lowest BCUT2D eigenvalue weighted by Crippen LogP contribution is -2.40. The summed E-state index contributed by atoms with van der Waals surface area (Å²) < 4.78 is 1.90. The second-order valence-corrected chi connectivity index (χ2v) is 5.44. The summed E-state index contributed by atoms with van der Waals surface area (Å²) in [5, 5.41) is 1.65. The molecular weight excluding hydrogens is 276 g/mol. The fraction of sp³-hybridized carbons (Fsp3) is 0.333. The molecule has 0 aliphatic carbocycles. The number of nitrogens with zero attached hydrogens (tertiary/aromatic N) is 2. The molecule has 0 N–H and O–H groups in total. The number of amides is 1. The van der Waals surface area contributed by atoms with Gasteiger partial charge in [0.15, 0.2) is 0 Å². The van der Waals surface area contributed by atoms with Crippen molar-refractivity contribution in [3.05, 3.63) is 35.5 Å². The molecule has 2 heterocycles. The maximum absolute atomic E-state index is 12.3. The third kappa shape index (κ3) is 2.43. The molecule has 1 aromatic heterocycles. The van der Waals surface area contributed by atoms with Crippen LogP contribution >= 0.6 is 11.6 Å². The first-order valence-electron chi connectivity index (χ1n) is 6.68. The molecular formula is C15H15ClN2O2. The average Bonchev–Trinajstić information content (AvgIpc) is 2.84. The van der Waals surface area contributed by atoms with Gasteiger partial charge >= 0.3 is 0 Å². The van der Waals surface area contributed by atoms with E-state index < -0.39 is 0 Å². The van der Waals surface area contributed by atoms with Crippen LogP contribution < -0.4 is 0 Å². The lowest BCUT2D eigenvalue weighted by atomic mass is 10.1. The summed E-state index contributed by atoms with van der Waals surface area (Å²) in [5.41, 5.74) is 0.957. The third-order valence-electron chi connectivity index (χ3n) is 3.74. The predicted molar refractivity (Wildman–Crippen MR) is 77.8 cm³/mol. The number of piperidine rings is 1. The average molecular weight is 291 g/mol. The van der Waals surface area contributed by atoms with Crippen LogP contribution in [0, 0.1) is 0 Å². The van der Waals surface area contributed by atoms with Gasteiger partial charge in [-0.3, -0.25) is 9.59 Å². The fourth-order valence-corrected chi connectivity index (χ4v) is 2.81. The van der Waals surface area contributed by atoms with Crippen molar-refractivity contribution in [3.8, 4) is 0 Å². The Kier molecular flexibility index (Phi) is 3.49. The number of likely N-dealkylation sites (tertiary alicyclic amines) is 1. The molecule has 0 saturated carbocycles. The summed E-state index contributed by atoms with van der Waals surface area (Å²) >= 11 is 6.13. The zero-order valence-corrected chi connectivity index (χ0v) is 11.8. The molecule has 1 aliphatic rings. The van der Waals surface area contributed by atoms with Gasteiger partial charge in [-0.05, 0) is 18.2 Å². The molecule has 1 amide bonds. The largest absolute Gasteiger partial charge is 0.340 e. The van der Waals surface area contributed by atoms with Gasteiger partial charge in [-0.2, -0.15) is 0 Å². The minimum absolute atomic E-state index is 0.0509. The number of benzene rings is 1. The van der Waals surface area contributed by atoms with E-state index in [1.54, 1.807) is 4.90 Å². The first-order valence-corrected chi connectivity index (χ1v) is 7.06. The number of hydrogen-bond donors (Lipinski definition) is 0. The Labute approximate surface area is 121 Å². The van der Waals surface area contributed by atoms with Crippen LogP contribution in [0.3, 0.4) is 0 Å². The Hall–Kier alpha value is -1.81. The summed E-state index contributed by atoms with van der Waals surface area (Å²) in [7, 11) is 0. The maximum atomic E-state index is 12.3. The van der Waals surface area contributed by atoms with E-state index in [1.807, 2.05) is 35.0 Å². The maximum Gasteiger partial charge on any atom is 0.242 e. The minimum atomic E-state index is 0.0509. The van der Waals surface area contributed by atoms with Crippen molar-refractivity contribution in [1.82, 2.24) is 9.47 Å². The van der Waals surface area contributed by atoms with Gasteiger partial charge in [0.1, 0.15) is 12.3 Å². The molecule has 0 spiro atoms. The Bertz CT molecular complexity index is 668. The van der Waals surface area contributed by atoms with Crippen molar-refractivity contribution in [2.24, 2.45) is 0 Å². The van der Waals surface area contributed by atoms with E-state index in [4.69, 9.17) is 11.6 Å². The monoisotopic (exact) mass is 290 g/mol. The van der Waals surface area contributed by atoms with Gasteiger partial charge in [0, 0.05) is 48.1 Å². The minimum Gasteiger partial charge on any atom is -0.340 e. The summed E-state index contributed by atoms with van der Waals surface area (Å²) in [6, 6.07) is 7.59. The van der Waals surface area contributed by atoms with E-state index in [9.17, 15) is 9.59 Å². The number of aromatic nitrogens is 1. The zero-order chi connectivity index (χ0) is 14.1. The first-order chi connectivity index (χ1) is 9.65. The van der Waals surface area contributed by atoms with Crippen molar-refractivity contribution in [2.45, 2.75) is 19.4 Å². The van der Waals surface area contributed by atoms with Gasteiger partial charge in [-0.25, -0.2) is 0 Å². The van der Waals surface area contributed by atoms with Crippen molar-refractivity contribution in [3.63, 3.8) is 0 Å². The van der Waals surface area contributed by atoms with Crippen molar-refractivity contribution >= 4 is 34.2 Å². The van der Waals surface area contributed by atoms with E-state index >= 15 is 0 Å². The standard InChI is InChI=1S/C15H15ClN2O2/c16-13-2-1-3-14-12(13)6-9-18(14)10-15(20)17-7-4-11(19)5-8-17/h1-3,6,9H,4-5,7-8,10H2. The number of halogens is 1. The Balaban J connectivity index is 1.78. The molecule has 20 heavy (non-hydrogen) atoms. The summed E-state index contributed by atoms with van der Waals surface area (Å²) in [6.07, 6.45) is 2.83. The molecule has 104 valence electrons. The van der Waals surface area contributed by atoms with Crippen LogP contribution in [0.1, 0.15) is 12.8 Å². The highest BCUT2D eigenvalue weighted by Gasteiger charge is 2.21. The Morgan fingerprint density at radius 1 is 1.20 bits per heavy atom. The molecule has 2 aromatic rings. The third-order valence-corrected chi connectivity index (χ3v) is 4.07. The second kappa shape index (κ2) is 5.29. The SMILES string of the molecule is O=C1CCN(C(=O)Cn2ccc3c(Cl)cccc32)CC1. The molecule has 4 nitrogen and oxygen atoms in total. The lowest BCUT2D eigenvalue weighted by molar-refractivity contribution is -0.135. The summed E-state index contributed by atoms with van der Waals surface area (Å²) in [6.45, 7) is 1.37. The number of rotatable bonds is 2. The van der Waals surface area contributed by atoms with Crippen LogP contribution in [0.2, 0.25) is 5.02 Å². The van der Waals surface area contributed by atoms with Gasteiger partial charge in [0.2, 0.25) is 5.91 Å². The predicted octanol–water partition coefficient (Wildman–Crippen LogP) is 2.49. The van der Waals surface area contributed by atoms with Gasteiger partial charge in [0.25, 0.3) is 0 Å². The van der Waals surface area contributed by atoms with E-state index in [0.29, 0.717) is 31.0 Å². The van der Waals surface area contributed by atoms with Gasteiger partial charge in [0.05, 0.1) is 0 Å². The highest BCUT2D eigenvalue weighted by molar-refractivity contribution is 6.35. The zero-order valence-electron chi connectivity index (χ0n) is 11.0. The van der Waals surface area contributed by atoms with Gasteiger partial charge < -0.3 is 9.47 Å². The van der Waals surface area contributed by atoms with Crippen LogP contribution in [0.5, 0.6) is 0 Å². The van der Waals surface area contributed by atoms with Crippen molar-refractivity contribution in [2.75, 3.05) is 13.1 Å². The van der Waals surface area contributed by atoms with Crippen LogP contribution in [-0.4, -0.2) is 34.2 Å². The topological polar surface area (TPSA) is 42.3 Å². The number of ketones is 1. The molecule has 5 heteroatoms. The van der Waals surface area contributed by atoms with E-state index in [1.165, 1.54) is 0 Å². The van der Waals surface area contributed by atoms with Crippen molar-refractivity contribution in [1.29, 1.82) is 0 Å². The number of carbonyl (C=O) groups excluding carboxylic acids is 2. The molecule has 1 fully saturated rings. The number of hydrogen-bond acceptors (Lipinski definition) is 2. The number of carbonyl (C=O) groups is 2. The lowest BCUT2D eigenvalue weighted by Gasteiger charge is -2.26. The normalized spacial score (nSPS) is 15.8. The molecule has 0 atom stereocenters. The van der Waals surface area contributed by atoms with Crippen LogP contribution in [0.15, 0.2) is 30.5 Å². The second-order valence-electron chi connectivity index (χ2n) is 5.04. The Morgan fingerprint density at radius 2 is 1.95 bits per heavy atom. The number of Topliss-reactive ketones (excluding diaryl/α,β-unsaturated/α-hetero) is 1. The smallest absolute Gasteiger partial charge is 0.242 e. The molecule has 1 aromatic carbocycles. The fourth-order valence-electron chi connectivity index (χ4n) is 2.58. The number of fused-ring (bicyclic) bond motifs is 1. The highest BCUT2D eigenvalue weighted by atomic mass is 35.5. The Morgan fingerprint density at radius 3 is 2.70 bits per heavy atom. The molecule has 1 aliphatic heterocycles. The van der Waals surface area contributed by atoms with Crippen molar-refractivity contribution < 1.29 is 9.59 Å². The summed E-state index contributed by atoms with van der Waals surface area (Å²) in [5.74, 6) is 0.294. The molecule has 0 bridgehead atoms. The van der Waals surface area contributed by atoms with E-state index in [-0.39, 0.29) is 18.2 Å². The molecule has 3 rings (SSSR count). The van der Waals surface area contributed by atoms with Gasteiger partial charge in [-0.1, -0.05) is 17.7 Å². The summed E-state index contributed by atoms with van der Waals surface area (Å²) in [4.78, 5) is 25.2. The molecule has 1 saturated heterocycles. The van der Waals surface area contributed by atoms with Gasteiger partial charge in [-0.15, -0.1) is 0 Å². The van der Waals surface area contributed by atoms with Crippen LogP contribution in [0.25, 0.3) is 10.9 Å². The highest BCUT2D eigenvalue weighted by Crippen LogP contribution is 2.24. The van der Waals surface area contributed by atoms with Crippen LogP contribution in [0.4, 0.5) is 0 Å². The molecule has 0 radical (unpaired) electrons. The molecule has 0 unspecified atom stereocenters. The van der Waals surface area contributed by atoms with Crippen LogP contribution in [-0.2, 0) is 16.1 Å². The first kappa shape index (κ1) is 13.2. The quantitative estimate of drug-likeness (QED) is 0.853. The van der Waals surface area contributed by atoms with E-state index in [2.05, 4.69) is 0 Å².